The lowest BCUT2D eigenvalue weighted by atomic mass is 10.1. The molecule has 1 aliphatic heterocycles. The Balaban J connectivity index is 2.28. The van der Waals surface area contributed by atoms with Crippen molar-refractivity contribution in [3.63, 3.8) is 0 Å². The monoisotopic (exact) mass is 255 g/mol. The fourth-order valence-corrected chi connectivity index (χ4v) is 1.80. The molecule has 1 heterocycles. The summed E-state index contributed by atoms with van der Waals surface area (Å²) in [4.78, 5) is 4.19. The molecule has 0 radical (unpaired) electrons. The first-order valence-corrected chi connectivity index (χ1v) is 5.44. The second kappa shape index (κ2) is 4.71. The van der Waals surface area contributed by atoms with Crippen LogP contribution in [-0.2, 0) is 0 Å². The zero-order valence-corrected chi connectivity index (χ0v) is 9.94. The minimum Gasteiger partial charge on any atom is -0.354 e. The van der Waals surface area contributed by atoms with E-state index in [0.29, 0.717) is 22.4 Å². The Hall–Kier alpha value is -1.27. The quantitative estimate of drug-likeness (QED) is 0.415. The summed E-state index contributed by atoms with van der Waals surface area (Å²) >= 11 is 9.88. The Kier molecular flexibility index (Phi) is 3.31. The Labute approximate surface area is 103 Å². The molecule has 2 rings (SSSR count). The largest absolute Gasteiger partial charge is 0.354 e. The van der Waals surface area contributed by atoms with E-state index in [0.717, 1.165) is 13.1 Å². The molecule has 0 bridgehead atoms. The first kappa shape index (κ1) is 11.2. The van der Waals surface area contributed by atoms with Crippen LogP contribution in [0, 0.1) is 5.41 Å². The van der Waals surface area contributed by atoms with Gasteiger partial charge in [-0.3, -0.25) is 10.4 Å². The lowest BCUT2D eigenvalue weighted by molar-refractivity contribution is 0.944. The van der Waals surface area contributed by atoms with E-state index in [-0.39, 0.29) is 5.71 Å². The normalized spacial score (nSPS) is 22.5. The molecule has 7 heteroatoms. The lowest BCUT2D eigenvalue weighted by Gasteiger charge is -2.16. The predicted molar refractivity (Wildman–Crippen MR) is 69.6 cm³/mol. The number of hydrogen-bond donors (Lipinski definition) is 4. The molecule has 0 aromatic carbocycles. The smallest absolute Gasteiger partial charge is 0.196 e. The maximum atomic E-state index is 7.68. The highest BCUT2D eigenvalue weighted by atomic mass is 35.5. The molecular formula is C9H10ClN5S. The SMILES string of the molecule is N=C1C=CC(Cl)=C(NC2=NCCN2)/C1=N/S. The molecule has 0 unspecified atom stereocenters. The van der Waals surface area contributed by atoms with Crippen LogP contribution in [0.2, 0.25) is 0 Å². The number of guanidine groups is 1. The Morgan fingerprint density at radius 3 is 3.00 bits per heavy atom. The van der Waals surface area contributed by atoms with Crippen molar-refractivity contribution in [1.82, 2.24) is 10.6 Å². The maximum absolute atomic E-state index is 7.68. The third-order valence-corrected chi connectivity index (χ3v) is 2.66. The second-order valence-electron chi connectivity index (χ2n) is 3.20. The van der Waals surface area contributed by atoms with E-state index in [4.69, 9.17) is 17.0 Å². The number of halogens is 1. The van der Waals surface area contributed by atoms with E-state index in [1.807, 2.05) is 0 Å². The van der Waals surface area contributed by atoms with Crippen LogP contribution in [0.25, 0.3) is 0 Å². The summed E-state index contributed by atoms with van der Waals surface area (Å²) in [6, 6.07) is 0. The van der Waals surface area contributed by atoms with Gasteiger partial charge in [0.05, 0.1) is 23.0 Å². The topological polar surface area (TPSA) is 72.6 Å². The third-order valence-electron chi connectivity index (χ3n) is 2.14. The highest BCUT2D eigenvalue weighted by molar-refractivity contribution is 7.79. The molecule has 0 aromatic heterocycles. The van der Waals surface area contributed by atoms with Crippen LogP contribution in [0.4, 0.5) is 0 Å². The summed E-state index contributed by atoms with van der Waals surface area (Å²) in [5, 5.41) is 14.2. The predicted octanol–water partition coefficient (Wildman–Crippen LogP) is 0.861. The molecule has 3 N–H and O–H groups in total. The summed E-state index contributed by atoms with van der Waals surface area (Å²) in [6.07, 6.45) is 3.22. The van der Waals surface area contributed by atoms with Gasteiger partial charge < -0.3 is 10.6 Å². The van der Waals surface area contributed by atoms with Crippen molar-refractivity contribution in [2.45, 2.75) is 0 Å². The Morgan fingerprint density at radius 2 is 2.38 bits per heavy atom. The van der Waals surface area contributed by atoms with Gasteiger partial charge in [0.2, 0.25) is 0 Å². The Morgan fingerprint density at radius 1 is 1.56 bits per heavy atom. The summed E-state index contributed by atoms with van der Waals surface area (Å²) < 4.78 is 3.75. The molecule has 0 saturated carbocycles. The third kappa shape index (κ3) is 2.12. The van der Waals surface area contributed by atoms with Gasteiger partial charge in [0.1, 0.15) is 5.71 Å². The zero-order chi connectivity index (χ0) is 11.5. The van der Waals surface area contributed by atoms with Gasteiger partial charge >= 0.3 is 0 Å². The average Bonchev–Trinajstić information content (AvgIpc) is 2.77. The zero-order valence-electron chi connectivity index (χ0n) is 8.29. The van der Waals surface area contributed by atoms with E-state index < -0.39 is 0 Å². The molecule has 5 nitrogen and oxygen atoms in total. The number of hydrogen-bond acceptors (Lipinski definition) is 6. The Bertz CT molecular complexity index is 449. The molecule has 0 amide bonds. The highest BCUT2D eigenvalue weighted by Gasteiger charge is 2.20. The van der Waals surface area contributed by atoms with Crippen molar-refractivity contribution in [3.8, 4) is 0 Å². The molecule has 0 saturated heterocycles. The number of rotatable bonds is 1. The maximum Gasteiger partial charge on any atom is 0.196 e. The molecule has 2 aliphatic rings. The van der Waals surface area contributed by atoms with Crippen LogP contribution in [-0.4, -0.2) is 30.5 Å². The van der Waals surface area contributed by atoms with E-state index in [1.54, 1.807) is 12.2 Å². The van der Waals surface area contributed by atoms with Gasteiger partial charge in [0, 0.05) is 6.54 Å². The molecule has 0 atom stereocenters. The molecule has 0 aromatic rings. The summed E-state index contributed by atoms with van der Waals surface area (Å²) in [5.74, 6) is 0.644. The van der Waals surface area contributed by atoms with Crippen LogP contribution >= 0.6 is 24.4 Å². The number of thiol groups is 1. The van der Waals surface area contributed by atoms with E-state index >= 15 is 0 Å². The molecule has 0 fully saturated rings. The molecule has 84 valence electrons. The van der Waals surface area contributed by atoms with Crippen molar-refractivity contribution in [3.05, 3.63) is 22.9 Å². The molecular weight excluding hydrogens is 246 g/mol. The van der Waals surface area contributed by atoms with Crippen LogP contribution in [0.3, 0.4) is 0 Å². The van der Waals surface area contributed by atoms with Crippen molar-refractivity contribution in [1.29, 1.82) is 5.41 Å². The first-order valence-electron chi connectivity index (χ1n) is 4.67. The van der Waals surface area contributed by atoms with Crippen molar-refractivity contribution in [2.75, 3.05) is 13.1 Å². The van der Waals surface area contributed by atoms with Gasteiger partial charge in [-0.1, -0.05) is 11.6 Å². The van der Waals surface area contributed by atoms with Gasteiger partial charge in [-0.15, -0.1) is 0 Å². The summed E-state index contributed by atoms with van der Waals surface area (Å²) in [7, 11) is 0. The van der Waals surface area contributed by atoms with E-state index in [9.17, 15) is 0 Å². The van der Waals surface area contributed by atoms with Gasteiger partial charge in [-0.2, -0.15) is 0 Å². The fraction of sp³-hybridized carbons (Fsp3) is 0.222. The minimum absolute atomic E-state index is 0.264. The minimum atomic E-state index is 0.264. The van der Waals surface area contributed by atoms with Crippen LogP contribution in [0.15, 0.2) is 32.3 Å². The highest BCUT2D eigenvalue weighted by Crippen LogP contribution is 2.17. The number of nitrogens with one attached hydrogen (secondary N) is 3. The average molecular weight is 256 g/mol. The number of aliphatic imine (C=N–C) groups is 1. The first-order chi connectivity index (χ1) is 7.72. The van der Waals surface area contributed by atoms with E-state index in [1.165, 1.54) is 0 Å². The van der Waals surface area contributed by atoms with Gasteiger partial charge in [-0.25, -0.2) is 4.40 Å². The van der Waals surface area contributed by atoms with Crippen LogP contribution in [0.1, 0.15) is 0 Å². The van der Waals surface area contributed by atoms with Crippen LogP contribution < -0.4 is 10.6 Å². The number of nitrogens with zero attached hydrogens (tertiary/aromatic N) is 2. The summed E-state index contributed by atoms with van der Waals surface area (Å²) in [5.41, 5.74) is 1.23. The van der Waals surface area contributed by atoms with Gasteiger partial charge in [-0.05, 0) is 25.0 Å². The molecule has 1 aliphatic carbocycles. The van der Waals surface area contributed by atoms with E-state index in [2.05, 4.69) is 32.8 Å². The fourth-order valence-electron chi connectivity index (χ4n) is 1.39. The second-order valence-corrected chi connectivity index (χ2v) is 3.81. The van der Waals surface area contributed by atoms with Crippen LogP contribution in [0.5, 0.6) is 0 Å². The molecule has 0 spiro atoms. The van der Waals surface area contributed by atoms with Crippen molar-refractivity contribution >= 4 is 41.8 Å². The van der Waals surface area contributed by atoms with Crippen molar-refractivity contribution < 1.29 is 0 Å². The van der Waals surface area contributed by atoms with Crippen molar-refractivity contribution in [2.24, 2.45) is 9.39 Å². The van der Waals surface area contributed by atoms with Gasteiger partial charge in [0.25, 0.3) is 0 Å². The van der Waals surface area contributed by atoms with Gasteiger partial charge in [0.15, 0.2) is 5.96 Å². The standard InChI is InChI=1S/C9H10ClN5S/c10-5-1-2-6(11)8(15-16)7(5)14-9-12-3-4-13-9/h1-2,11,16H,3-4H2,(H2,12,13,14)/b11-6?,15-8+. The summed E-state index contributed by atoms with van der Waals surface area (Å²) in [6.45, 7) is 1.53. The lowest BCUT2D eigenvalue weighted by Crippen LogP contribution is -2.38. The molecule has 16 heavy (non-hydrogen) atoms. The number of allylic oxidation sites excluding steroid dienone is 4.